The van der Waals surface area contributed by atoms with Gasteiger partial charge in [-0.05, 0) is 30.2 Å². The van der Waals surface area contributed by atoms with Gasteiger partial charge in [-0.2, -0.15) is 5.10 Å². The first-order valence-corrected chi connectivity index (χ1v) is 10.3. The van der Waals surface area contributed by atoms with Crippen molar-refractivity contribution in [1.82, 2.24) is 24.8 Å². The number of rotatable bonds is 6. The second-order valence-corrected chi connectivity index (χ2v) is 8.90. The summed E-state index contributed by atoms with van der Waals surface area (Å²) < 4.78 is 61.3. The van der Waals surface area contributed by atoms with E-state index >= 15 is 0 Å². The molecule has 5 rings (SSSR count). The predicted molar refractivity (Wildman–Crippen MR) is 101 cm³/mol. The fourth-order valence-electron chi connectivity index (χ4n) is 5.13. The molecule has 1 saturated heterocycles. The summed E-state index contributed by atoms with van der Waals surface area (Å²) in [6.45, 7) is -1.39. The lowest BCUT2D eigenvalue weighted by molar-refractivity contribution is -0.0509. The fourth-order valence-corrected chi connectivity index (χ4v) is 5.13. The second kappa shape index (κ2) is 7.04. The van der Waals surface area contributed by atoms with Crippen LogP contribution in [-0.2, 0) is 11.2 Å². The Labute approximate surface area is 175 Å². The van der Waals surface area contributed by atoms with E-state index in [-0.39, 0.29) is 37.2 Å². The highest BCUT2D eigenvalue weighted by Crippen LogP contribution is 2.63. The van der Waals surface area contributed by atoms with Gasteiger partial charge in [0, 0.05) is 25.5 Å². The maximum Gasteiger partial charge on any atom is 0.318 e. The molecule has 2 aliphatic carbocycles. The van der Waals surface area contributed by atoms with Crippen molar-refractivity contribution >= 4 is 11.7 Å². The van der Waals surface area contributed by atoms with Crippen molar-refractivity contribution in [2.75, 3.05) is 26.8 Å². The van der Waals surface area contributed by atoms with Gasteiger partial charge < -0.3 is 15.0 Å². The van der Waals surface area contributed by atoms with Crippen LogP contribution in [-0.4, -0.2) is 64.2 Å². The molecule has 2 aromatic rings. The van der Waals surface area contributed by atoms with Gasteiger partial charge in [-0.3, -0.25) is 0 Å². The van der Waals surface area contributed by atoms with Crippen molar-refractivity contribution < 1.29 is 27.1 Å². The molecular weight excluding hydrogens is 418 g/mol. The highest BCUT2D eigenvalue weighted by atomic mass is 19.3. The summed E-state index contributed by atoms with van der Waals surface area (Å²) in [5.41, 5.74) is 1.80. The quantitative estimate of drug-likeness (QED) is 0.700. The Hall–Kier alpha value is -2.43. The molecule has 1 unspecified atom stereocenters. The normalized spacial score (nSPS) is 29.6. The number of hydrogen-bond acceptors (Lipinski definition) is 4. The molecule has 0 bridgehead atoms. The number of imidazole rings is 1. The lowest BCUT2D eigenvalue weighted by atomic mass is 10.1. The number of amides is 2. The van der Waals surface area contributed by atoms with Crippen LogP contribution in [0.5, 0.6) is 0 Å². The Morgan fingerprint density at radius 2 is 2.00 bits per heavy atom. The molecular formula is C20H23F4N5O2. The van der Waals surface area contributed by atoms with Crippen LogP contribution in [0.25, 0.3) is 5.65 Å². The monoisotopic (exact) mass is 441 g/mol. The van der Waals surface area contributed by atoms with Crippen molar-refractivity contribution in [2.24, 2.45) is 17.8 Å². The number of hydrogen-bond donors (Lipinski definition) is 1. The SMILES string of the molecule is COC[C@H](c1cnn2cc(CC3[C@H]4CC(F)(F)C[C@@H]34)nc2c1)N1CC(F)(F)CNC1=O. The zero-order valence-electron chi connectivity index (χ0n) is 16.9. The van der Waals surface area contributed by atoms with E-state index in [4.69, 9.17) is 4.74 Å². The van der Waals surface area contributed by atoms with Crippen molar-refractivity contribution in [1.29, 1.82) is 0 Å². The number of halogens is 4. The molecule has 3 fully saturated rings. The number of nitrogens with one attached hydrogen (secondary N) is 1. The number of nitrogens with zero attached hydrogens (tertiary/aromatic N) is 4. The minimum Gasteiger partial charge on any atom is -0.382 e. The van der Waals surface area contributed by atoms with Gasteiger partial charge in [0.1, 0.15) is 0 Å². The molecule has 0 aromatic carbocycles. The van der Waals surface area contributed by atoms with Crippen molar-refractivity contribution in [3.63, 3.8) is 0 Å². The molecule has 168 valence electrons. The number of aromatic nitrogens is 3. The number of carbonyl (C=O) groups excluding carboxylic acids is 1. The van der Waals surface area contributed by atoms with E-state index in [1.54, 1.807) is 16.8 Å². The molecule has 1 N–H and O–H groups in total. The van der Waals surface area contributed by atoms with Gasteiger partial charge in [0.2, 0.25) is 5.92 Å². The summed E-state index contributed by atoms with van der Waals surface area (Å²) in [4.78, 5) is 17.8. The van der Waals surface area contributed by atoms with Gasteiger partial charge in [-0.15, -0.1) is 0 Å². The van der Waals surface area contributed by atoms with E-state index in [0.29, 0.717) is 17.6 Å². The third kappa shape index (κ3) is 3.83. The summed E-state index contributed by atoms with van der Waals surface area (Å²) >= 11 is 0. The molecule has 0 spiro atoms. The first-order valence-electron chi connectivity index (χ1n) is 10.3. The largest absolute Gasteiger partial charge is 0.382 e. The zero-order valence-corrected chi connectivity index (χ0v) is 16.9. The average Bonchev–Trinajstić information content (AvgIpc) is 3.03. The summed E-state index contributed by atoms with van der Waals surface area (Å²) in [5, 5.41) is 6.53. The Kier molecular flexibility index (Phi) is 4.65. The van der Waals surface area contributed by atoms with Gasteiger partial charge >= 0.3 is 6.03 Å². The highest BCUT2D eigenvalue weighted by Gasteiger charge is 2.62. The first-order chi connectivity index (χ1) is 14.7. The summed E-state index contributed by atoms with van der Waals surface area (Å²) in [6, 6.07) is 0.357. The molecule has 7 nitrogen and oxygen atoms in total. The third-order valence-electron chi connectivity index (χ3n) is 6.66. The second-order valence-electron chi connectivity index (χ2n) is 8.90. The van der Waals surface area contributed by atoms with Crippen LogP contribution < -0.4 is 5.32 Å². The Bertz CT molecular complexity index is 999. The molecule has 2 amide bonds. The third-order valence-corrected chi connectivity index (χ3v) is 6.66. The molecule has 0 radical (unpaired) electrons. The van der Waals surface area contributed by atoms with E-state index < -0.39 is 37.0 Å². The van der Waals surface area contributed by atoms with Gasteiger partial charge in [0.15, 0.2) is 5.65 Å². The standard InChI is InChI=1S/C20H23F4N5O2/c1-31-8-16(28-10-20(23,24)9-25-18(28)30)11-2-17-27-12(7-29(17)26-6-11)3-13-14-4-19(21,22)5-15(13)14/h2,6-7,13-16H,3-5,8-10H2,1H3,(H,25,30)/t13?,14-,15+,16-/m1/s1. The minimum absolute atomic E-state index is 0.0224. The molecule has 11 heteroatoms. The molecule has 1 aliphatic heterocycles. The maximum absolute atomic E-state index is 13.9. The van der Waals surface area contributed by atoms with Crippen molar-refractivity contribution in [3.05, 3.63) is 29.7 Å². The van der Waals surface area contributed by atoms with Gasteiger partial charge in [0.25, 0.3) is 5.92 Å². The van der Waals surface area contributed by atoms with Gasteiger partial charge in [-0.1, -0.05) is 0 Å². The molecule has 2 saturated carbocycles. The van der Waals surface area contributed by atoms with Gasteiger partial charge in [-0.25, -0.2) is 31.9 Å². The fraction of sp³-hybridized carbons (Fsp3) is 0.650. The van der Waals surface area contributed by atoms with Crippen LogP contribution in [0.2, 0.25) is 0 Å². The molecule has 31 heavy (non-hydrogen) atoms. The Morgan fingerprint density at radius 3 is 2.71 bits per heavy atom. The van der Waals surface area contributed by atoms with Crippen LogP contribution in [0.1, 0.15) is 30.1 Å². The van der Waals surface area contributed by atoms with E-state index in [0.717, 1.165) is 10.6 Å². The Balaban J connectivity index is 1.35. The minimum atomic E-state index is -3.04. The van der Waals surface area contributed by atoms with E-state index in [1.807, 2.05) is 0 Å². The topological polar surface area (TPSA) is 71.8 Å². The summed E-state index contributed by atoms with van der Waals surface area (Å²) in [5.74, 6) is -5.22. The number of methoxy groups -OCH3 is 1. The van der Waals surface area contributed by atoms with Crippen molar-refractivity contribution in [2.45, 2.75) is 37.1 Å². The highest BCUT2D eigenvalue weighted by molar-refractivity contribution is 5.76. The number of alkyl halides is 4. The lowest BCUT2D eigenvalue weighted by Gasteiger charge is -2.38. The van der Waals surface area contributed by atoms with Crippen LogP contribution >= 0.6 is 0 Å². The number of urea groups is 1. The number of fused-ring (bicyclic) bond motifs is 2. The summed E-state index contributed by atoms with van der Waals surface area (Å²) in [7, 11) is 1.43. The van der Waals surface area contributed by atoms with E-state index in [2.05, 4.69) is 15.4 Å². The van der Waals surface area contributed by atoms with Gasteiger partial charge in [0.05, 0.1) is 43.8 Å². The van der Waals surface area contributed by atoms with Crippen LogP contribution in [0.15, 0.2) is 18.5 Å². The maximum atomic E-state index is 13.9. The van der Waals surface area contributed by atoms with E-state index in [9.17, 15) is 22.4 Å². The van der Waals surface area contributed by atoms with Crippen molar-refractivity contribution in [3.8, 4) is 0 Å². The zero-order chi connectivity index (χ0) is 22.0. The molecule has 4 atom stereocenters. The van der Waals surface area contributed by atoms with Crippen LogP contribution in [0.3, 0.4) is 0 Å². The predicted octanol–water partition coefficient (Wildman–Crippen LogP) is 2.91. The van der Waals surface area contributed by atoms with E-state index in [1.165, 1.54) is 13.3 Å². The summed E-state index contributed by atoms with van der Waals surface area (Å²) in [6.07, 6.45) is 3.80. The molecule has 2 aromatic heterocycles. The first kappa shape index (κ1) is 20.5. The number of ether oxygens (including phenoxy) is 1. The molecule has 3 heterocycles. The average molecular weight is 441 g/mol. The smallest absolute Gasteiger partial charge is 0.318 e. The Morgan fingerprint density at radius 1 is 1.26 bits per heavy atom. The molecule has 3 aliphatic rings. The van der Waals surface area contributed by atoms with Crippen LogP contribution in [0, 0.1) is 17.8 Å². The van der Waals surface area contributed by atoms with Crippen LogP contribution in [0.4, 0.5) is 22.4 Å². The number of carbonyl (C=O) groups is 1. The lowest BCUT2D eigenvalue weighted by Crippen LogP contribution is -2.58.